The molecule has 1 saturated heterocycles. The lowest BCUT2D eigenvalue weighted by Gasteiger charge is -2.44. The highest BCUT2D eigenvalue weighted by molar-refractivity contribution is 5.88. The van der Waals surface area contributed by atoms with Gasteiger partial charge in [-0.1, -0.05) is 87.9 Å². The van der Waals surface area contributed by atoms with Crippen molar-refractivity contribution in [3.05, 3.63) is 71.8 Å². The summed E-state index contributed by atoms with van der Waals surface area (Å²) >= 11 is 0. The van der Waals surface area contributed by atoms with Crippen molar-refractivity contribution in [1.82, 2.24) is 4.90 Å². The molecule has 2 aliphatic rings. The summed E-state index contributed by atoms with van der Waals surface area (Å²) in [5, 5.41) is 0. The Bertz CT molecular complexity index is 924. The van der Waals surface area contributed by atoms with Crippen LogP contribution in [0.1, 0.15) is 64.0 Å². The van der Waals surface area contributed by atoms with Crippen LogP contribution in [0.15, 0.2) is 60.7 Å². The van der Waals surface area contributed by atoms with E-state index in [2.05, 4.69) is 45.0 Å². The van der Waals surface area contributed by atoms with Crippen LogP contribution in [0.2, 0.25) is 0 Å². The van der Waals surface area contributed by atoms with E-state index in [4.69, 9.17) is 4.74 Å². The van der Waals surface area contributed by atoms with E-state index in [1.807, 2.05) is 36.4 Å². The Labute approximate surface area is 192 Å². The third-order valence-electron chi connectivity index (χ3n) is 7.56. The van der Waals surface area contributed by atoms with Crippen molar-refractivity contribution >= 4 is 11.9 Å². The maximum Gasteiger partial charge on any atom is 0.329 e. The number of hydrogen-bond acceptors (Lipinski definition) is 3. The summed E-state index contributed by atoms with van der Waals surface area (Å²) in [5.41, 5.74) is 2.22. The molecule has 4 rings (SSSR count). The number of esters is 1. The van der Waals surface area contributed by atoms with E-state index in [9.17, 15) is 9.59 Å². The predicted octanol–water partition coefficient (Wildman–Crippen LogP) is 5.50. The minimum absolute atomic E-state index is 0.0361. The first-order valence-electron chi connectivity index (χ1n) is 12.0. The second kappa shape index (κ2) is 9.48. The lowest BCUT2D eigenvalue weighted by atomic mass is 9.64. The molecule has 1 heterocycles. The summed E-state index contributed by atoms with van der Waals surface area (Å²) < 4.78 is 6.25. The molecular weight excluding hydrogens is 398 g/mol. The third-order valence-corrected chi connectivity index (χ3v) is 7.56. The second-order valence-corrected chi connectivity index (χ2v) is 10.1. The van der Waals surface area contributed by atoms with Gasteiger partial charge in [-0.3, -0.25) is 4.79 Å². The van der Waals surface area contributed by atoms with E-state index in [1.54, 1.807) is 4.90 Å². The molecular formula is C28H35NO3. The van der Waals surface area contributed by atoms with Crippen LogP contribution in [0.4, 0.5) is 0 Å². The predicted molar refractivity (Wildman–Crippen MR) is 126 cm³/mol. The van der Waals surface area contributed by atoms with Crippen LogP contribution in [0.25, 0.3) is 0 Å². The molecule has 0 spiro atoms. The molecule has 1 amide bonds. The van der Waals surface area contributed by atoms with Gasteiger partial charge in [0.15, 0.2) is 0 Å². The van der Waals surface area contributed by atoms with Gasteiger partial charge < -0.3 is 9.64 Å². The molecule has 4 nitrogen and oxygen atoms in total. The van der Waals surface area contributed by atoms with Crippen LogP contribution in [0, 0.1) is 11.8 Å². The largest absolute Gasteiger partial charge is 0.461 e. The smallest absolute Gasteiger partial charge is 0.329 e. The van der Waals surface area contributed by atoms with Gasteiger partial charge in [0.25, 0.3) is 0 Å². The van der Waals surface area contributed by atoms with Crippen LogP contribution in [-0.4, -0.2) is 28.9 Å². The second-order valence-electron chi connectivity index (χ2n) is 10.1. The van der Waals surface area contributed by atoms with Crippen molar-refractivity contribution < 1.29 is 14.3 Å². The molecule has 0 radical (unpaired) electrons. The Hall–Kier alpha value is -2.62. The third kappa shape index (κ3) is 4.74. The van der Waals surface area contributed by atoms with Crippen molar-refractivity contribution in [2.75, 3.05) is 0 Å². The fourth-order valence-corrected chi connectivity index (χ4v) is 5.55. The maximum absolute atomic E-state index is 13.4. The standard InChI is InChI=1S/C28H35NO3/c1-20-14-15-23(28(2,3)22-12-8-5-9-13-22)25(18-20)32-27(31)24-16-17-26(30)29(24)19-21-10-6-4-7-11-21/h4-13,20,23-25H,14-19H2,1-3H3/t20-,23-,24?,25-/m1/s1. The molecule has 2 aromatic rings. The minimum atomic E-state index is -0.486. The first-order chi connectivity index (χ1) is 15.4. The number of carbonyl (C=O) groups is 2. The van der Waals surface area contributed by atoms with Gasteiger partial charge in [-0.2, -0.15) is 0 Å². The van der Waals surface area contributed by atoms with Gasteiger partial charge in [-0.25, -0.2) is 4.79 Å². The zero-order valence-electron chi connectivity index (χ0n) is 19.5. The Morgan fingerprint density at radius 3 is 2.34 bits per heavy atom. The Balaban J connectivity index is 1.51. The minimum Gasteiger partial charge on any atom is -0.461 e. The number of hydrogen-bond donors (Lipinski definition) is 0. The highest BCUT2D eigenvalue weighted by Crippen LogP contribution is 2.44. The molecule has 0 aromatic heterocycles. The normalized spacial score (nSPS) is 26.2. The molecule has 1 saturated carbocycles. The molecule has 2 fully saturated rings. The molecule has 4 heteroatoms. The van der Waals surface area contributed by atoms with Gasteiger partial charge in [-0.05, 0) is 41.7 Å². The molecule has 4 atom stereocenters. The monoisotopic (exact) mass is 433 g/mol. The SMILES string of the molecule is C[C@@H]1CC[C@@H](C(C)(C)c2ccccc2)[C@H](OC(=O)C2CCC(=O)N2Cc2ccccc2)C1. The summed E-state index contributed by atoms with van der Waals surface area (Å²) in [6, 6.07) is 19.9. The fraction of sp³-hybridized carbons (Fsp3) is 0.500. The lowest BCUT2D eigenvalue weighted by Crippen LogP contribution is -2.46. The van der Waals surface area contributed by atoms with Crippen molar-refractivity contribution in [3.63, 3.8) is 0 Å². The first-order valence-corrected chi connectivity index (χ1v) is 12.0. The number of rotatable bonds is 6. The van der Waals surface area contributed by atoms with Crippen LogP contribution < -0.4 is 0 Å². The maximum atomic E-state index is 13.4. The highest BCUT2D eigenvalue weighted by atomic mass is 16.5. The zero-order valence-corrected chi connectivity index (χ0v) is 19.5. The summed E-state index contributed by atoms with van der Waals surface area (Å²) in [6.45, 7) is 7.24. The van der Waals surface area contributed by atoms with E-state index in [0.29, 0.717) is 25.3 Å². The Kier molecular flexibility index (Phi) is 6.68. The quantitative estimate of drug-likeness (QED) is 0.565. The molecule has 2 aromatic carbocycles. The van der Waals surface area contributed by atoms with E-state index in [-0.39, 0.29) is 29.3 Å². The summed E-state index contributed by atoms with van der Waals surface area (Å²) in [7, 11) is 0. The van der Waals surface area contributed by atoms with E-state index in [0.717, 1.165) is 24.8 Å². The summed E-state index contributed by atoms with van der Waals surface area (Å²) in [5.74, 6) is 0.583. The van der Waals surface area contributed by atoms with Gasteiger partial charge in [0.05, 0.1) is 0 Å². The Morgan fingerprint density at radius 2 is 1.66 bits per heavy atom. The lowest BCUT2D eigenvalue weighted by molar-refractivity contribution is -0.164. The van der Waals surface area contributed by atoms with Crippen molar-refractivity contribution in [2.45, 2.75) is 77.0 Å². The van der Waals surface area contributed by atoms with Crippen LogP contribution in [0.3, 0.4) is 0 Å². The average molecular weight is 434 g/mol. The fourth-order valence-electron chi connectivity index (χ4n) is 5.55. The van der Waals surface area contributed by atoms with Crippen molar-refractivity contribution in [3.8, 4) is 0 Å². The summed E-state index contributed by atoms with van der Waals surface area (Å²) in [4.78, 5) is 27.6. The van der Waals surface area contributed by atoms with Gasteiger partial charge in [0.2, 0.25) is 5.91 Å². The molecule has 1 unspecified atom stereocenters. The molecule has 32 heavy (non-hydrogen) atoms. The van der Waals surface area contributed by atoms with E-state index >= 15 is 0 Å². The van der Waals surface area contributed by atoms with E-state index < -0.39 is 6.04 Å². The van der Waals surface area contributed by atoms with Gasteiger partial charge in [0.1, 0.15) is 12.1 Å². The van der Waals surface area contributed by atoms with Crippen LogP contribution >= 0.6 is 0 Å². The molecule has 1 aliphatic carbocycles. The van der Waals surface area contributed by atoms with Crippen LogP contribution in [-0.2, 0) is 26.3 Å². The van der Waals surface area contributed by atoms with Gasteiger partial charge in [0, 0.05) is 18.9 Å². The first kappa shape index (κ1) is 22.6. The average Bonchev–Trinajstić information content (AvgIpc) is 3.15. The molecule has 0 N–H and O–H groups in total. The molecule has 170 valence electrons. The highest BCUT2D eigenvalue weighted by Gasteiger charge is 2.44. The zero-order chi connectivity index (χ0) is 22.7. The summed E-state index contributed by atoms with van der Waals surface area (Å²) in [6.07, 6.45) is 3.89. The molecule has 0 bridgehead atoms. The number of nitrogens with zero attached hydrogens (tertiary/aromatic N) is 1. The number of carbonyl (C=O) groups excluding carboxylic acids is 2. The Morgan fingerprint density at radius 1 is 1.00 bits per heavy atom. The number of likely N-dealkylation sites (tertiary alicyclic amines) is 1. The van der Waals surface area contributed by atoms with Gasteiger partial charge >= 0.3 is 5.97 Å². The van der Waals surface area contributed by atoms with Gasteiger partial charge in [-0.15, -0.1) is 0 Å². The van der Waals surface area contributed by atoms with Crippen LogP contribution in [0.5, 0.6) is 0 Å². The number of ether oxygens (including phenoxy) is 1. The van der Waals surface area contributed by atoms with E-state index in [1.165, 1.54) is 5.56 Å². The van der Waals surface area contributed by atoms with Crippen molar-refractivity contribution in [1.29, 1.82) is 0 Å². The molecule has 1 aliphatic heterocycles. The number of benzene rings is 2. The number of amides is 1. The van der Waals surface area contributed by atoms with Crippen molar-refractivity contribution in [2.24, 2.45) is 11.8 Å². The topological polar surface area (TPSA) is 46.6 Å².